The van der Waals surface area contributed by atoms with Crippen molar-refractivity contribution in [2.75, 3.05) is 43.2 Å². The number of hydrogen-bond acceptors (Lipinski definition) is 5. The van der Waals surface area contributed by atoms with Crippen molar-refractivity contribution in [1.29, 1.82) is 0 Å². The van der Waals surface area contributed by atoms with E-state index >= 15 is 0 Å². The third-order valence-corrected chi connectivity index (χ3v) is 7.34. The van der Waals surface area contributed by atoms with Crippen molar-refractivity contribution in [3.8, 4) is 11.4 Å². The molecule has 6 rings (SSSR count). The van der Waals surface area contributed by atoms with Crippen LogP contribution in [0.3, 0.4) is 0 Å². The molecule has 2 fully saturated rings. The molecule has 0 radical (unpaired) electrons. The zero-order chi connectivity index (χ0) is 25.2. The Balaban J connectivity index is 1.43. The van der Waals surface area contributed by atoms with Crippen LogP contribution in [0.25, 0.3) is 5.69 Å². The average Bonchev–Trinajstić information content (AvgIpc) is 3.58. The fraction of sp³-hybridized carbons (Fsp3) is 0.241. The summed E-state index contributed by atoms with van der Waals surface area (Å²) in [5, 5.41) is 4.24. The Labute approximate surface area is 222 Å². The fourth-order valence-corrected chi connectivity index (χ4v) is 5.61. The lowest BCUT2D eigenvalue weighted by Gasteiger charge is -2.31. The number of aromatic nitrogens is 2. The number of hydrogen-bond donors (Lipinski definition) is 1. The summed E-state index contributed by atoms with van der Waals surface area (Å²) in [6.45, 7) is 3.32. The van der Waals surface area contributed by atoms with E-state index in [-0.39, 0.29) is 12.1 Å². The highest BCUT2D eigenvalue weighted by molar-refractivity contribution is 7.80. The van der Waals surface area contributed by atoms with Gasteiger partial charge < -0.3 is 29.2 Å². The summed E-state index contributed by atoms with van der Waals surface area (Å²) in [5.41, 5.74) is 5.23. The molecule has 0 spiro atoms. The SMILES string of the molecule is COc1ccccc1-n1cccc1[C@H]1[C@@H](c2ccccn2)NC(=S)N1c1ccc(N2CCOCC2)cc1. The van der Waals surface area contributed by atoms with E-state index in [1.807, 2.05) is 36.5 Å². The third kappa shape index (κ3) is 4.43. The molecular weight excluding hydrogens is 482 g/mol. The molecule has 0 aliphatic carbocycles. The van der Waals surface area contributed by atoms with Crippen molar-refractivity contribution in [1.82, 2.24) is 14.9 Å². The molecule has 2 saturated heterocycles. The van der Waals surface area contributed by atoms with Crippen LogP contribution in [-0.2, 0) is 4.74 Å². The molecule has 0 bridgehead atoms. The summed E-state index contributed by atoms with van der Waals surface area (Å²) in [7, 11) is 1.70. The lowest BCUT2D eigenvalue weighted by molar-refractivity contribution is 0.122. The number of rotatable bonds is 6. The number of nitrogens with zero attached hydrogens (tertiary/aromatic N) is 4. The molecule has 0 saturated carbocycles. The summed E-state index contributed by atoms with van der Waals surface area (Å²) < 4.78 is 13.4. The Morgan fingerprint density at radius 1 is 0.919 bits per heavy atom. The highest BCUT2D eigenvalue weighted by Gasteiger charge is 2.42. The van der Waals surface area contributed by atoms with Gasteiger partial charge in [-0.05, 0) is 72.9 Å². The van der Waals surface area contributed by atoms with Gasteiger partial charge in [0.2, 0.25) is 0 Å². The Hall–Kier alpha value is -3.88. The van der Waals surface area contributed by atoms with Gasteiger partial charge in [-0.15, -0.1) is 0 Å². The number of ether oxygens (including phenoxy) is 2. The zero-order valence-corrected chi connectivity index (χ0v) is 21.5. The number of para-hydroxylation sites is 2. The van der Waals surface area contributed by atoms with Crippen molar-refractivity contribution in [3.63, 3.8) is 0 Å². The van der Waals surface area contributed by atoms with Crippen LogP contribution in [0.5, 0.6) is 5.75 Å². The Morgan fingerprint density at radius 3 is 2.43 bits per heavy atom. The molecule has 2 aromatic heterocycles. The highest BCUT2D eigenvalue weighted by Crippen LogP contribution is 2.43. The maximum atomic E-state index is 5.94. The molecule has 37 heavy (non-hydrogen) atoms. The van der Waals surface area contributed by atoms with E-state index in [4.69, 9.17) is 26.7 Å². The van der Waals surface area contributed by atoms with Crippen LogP contribution in [0.4, 0.5) is 11.4 Å². The standard InChI is InChI=1S/C29H29N5O2S/c1-35-26-10-3-2-8-24(26)33-16-6-9-25(33)28-27(23-7-4-5-15-30-23)31-29(37)34(28)22-13-11-21(12-14-22)32-17-19-36-20-18-32/h2-16,27-28H,17-20H2,1H3,(H,31,37)/t27-,28+/m1/s1. The summed E-state index contributed by atoms with van der Waals surface area (Å²) in [5.74, 6) is 0.810. The topological polar surface area (TPSA) is 54.8 Å². The normalized spacial score (nSPS) is 19.6. The van der Waals surface area contributed by atoms with Crippen molar-refractivity contribution < 1.29 is 9.47 Å². The quantitative estimate of drug-likeness (QED) is 0.370. The number of methoxy groups -OCH3 is 1. The minimum atomic E-state index is -0.129. The number of thiocarbonyl (C=S) groups is 1. The predicted molar refractivity (Wildman–Crippen MR) is 150 cm³/mol. The van der Waals surface area contributed by atoms with Gasteiger partial charge in [0.25, 0.3) is 0 Å². The predicted octanol–water partition coefficient (Wildman–Crippen LogP) is 4.89. The number of pyridine rings is 1. The van der Waals surface area contributed by atoms with Crippen LogP contribution in [-0.4, -0.2) is 48.1 Å². The molecule has 4 aromatic rings. The highest BCUT2D eigenvalue weighted by atomic mass is 32.1. The van der Waals surface area contributed by atoms with E-state index in [2.05, 4.69) is 74.4 Å². The third-order valence-electron chi connectivity index (χ3n) is 7.03. The fourth-order valence-electron chi connectivity index (χ4n) is 5.26. The molecule has 1 N–H and O–H groups in total. The average molecular weight is 512 g/mol. The van der Waals surface area contributed by atoms with Gasteiger partial charge >= 0.3 is 0 Å². The number of morpholine rings is 1. The second kappa shape index (κ2) is 10.2. The van der Waals surface area contributed by atoms with Crippen LogP contribution in [0, 0.1) is 0 Å². The van der Waals surface area contributed by atoms with Gasteiger partial charge in [-0.25, -0.2) is 0 Å². The Kier molecular flexibility index (Phi) is 6.51. The van der Waals surface area contributed by atoms with Crippen molar-refractivity contribution in [2.45, 2.75) is 12.1 Å². The van der Waals surface area contributed by atoms with E-state index < -0.39 is 0 Å². The van der Waals surface area contributed by atoms with E-state index in [0.29, 0.717) is 5.11 Å². The van der Waals surface area contributed by atoms with E-state index in [1.165, 1.54) is 5.69 Å². The summed E-state index contributed by atoms with van der Waals surface area (Å²) >= 11 is 5.94. The number of anilines is 2. The largest absolute Gasteiger partial charge is 0.495 e. The maximum absolute atomic E-state index is 5.94. The number of nitrogens with one attached hydrogen (secondary N) is 1. The molecule has 0 unspecified atom stereocenters. The molecule has 7 nitrogen and oxygen atoms in total. The molecule has 188 valence electrons. The Bertz CT molecular complexity index is 1370. The van der Waals surface area contributed by atoms with Gasteiger partial charge in [-0.2, -0.15) is 0 Å². The molecule has 2 atom stereocenters. The molecule has 4 heterocycles. The molecule has 8 heteroatoms. The first-order valence-electron chi connectivity index (χ1n) is 12.5. The van der Waals surface area contributed by atoms with Crippen molar-refractivity contribution in [3.05, 3.63) is 103 Å². The molecular formula is C29H29N5O2S. The van der Waals surface area contributed by atoms with Crippen LogP contribution in [0.1, 0.15) is 23.5 Å². The van der Waals surface area contributed by atoms with Gasteiger partial charge in [0.1, 0.15) is 11.8 Å². The summed E-state index contributed by atoms with van der Waals surface area (Å²) in [6.07, 6.45) is 3.90. The van der Waals surface area contributed by atoms with Crippen molar-refractivity contribution in [2.24, 2.45) is 0 Å². The molecule has 0 amide bonds. The van der Waals surface area contributed by atoms with Gasteiger partial charge in [0.15, 0.2) is 5.11 Å². The summed E-state index contributed by atoms with van der Waals surface area (Å²) in [6, 6.07) is 26.7. The Morgan fingerprint density at radius 2 is 1.68 bits per heavy atom. The van der Waals surface area contributed by atoms with Crippen molar-refractivity contribution >= 4 is 28.7 Å². The molecule has 2 aliphatic rings. The van der Waals surface area contributed by atoms with Crippen LogP contribution in [0.15, 0.2) is 91.3 Å². The van der Waals surface area contributed by atoms with Crippen LogP contribution < -0.4 is 19.9 Å². The minimum absolute atomic E-state index is 0.128. The lowest BCUT2D eigenvalue weighted by atomic mass is 10.0. The first-order valence-corrected chi connectivity index (χ1v) is 12.9. The van der Waals surface area contributed by atoms with Crippen LogP contribution in [0.2, 0.25) is 0 Å². The monoisotopic (exact) mass is 511 g/mol. The zero-order valence-electron chi connectivity index (χ0n) is 20.7. The summed E-state index contributed by atoms with van der Waals surface area (Å²) in [4.78, 5) is 9.26. The van der Waals surface area contributed by atoms with Gasteiger partial charge in [-0.1, -0.05) is 18.2 Å². The van der Waals surface area contributed by atoms with Gasteiger partial charge in [0, 0.05) is 42.6 Å². The van der Waals surface area contributed by atoms with Gasteiger partial charge in [0.05, 0.1) is 37.7 Å². The minimum Gasteiger partial charge on any atom is -0.495 e. The van der Waals surface area contributed by atoms with Crippen LogP contribution >= 0.6 is 12.2 Å². The first-order chi connectivity index (χ1) is 18.2. The lowest BCUT2D eigenvalue weighted by Crippen LogP contribution is -2.36. The van der Waals surface area contributed by atoms with E-state index in [0.717, 1.165) is 54.8 Å². The smallest absolute Gasteiger partial charge is 0.174 e. The van der Waals surface area contributed by atoms with Gasteiger partial charge in [-0.3, -0.25) is 4.98 Å². The second-order valence-electron chi connectivity index (χ2n) is 9.09. The maximum Gasteiger partial charge on any atom is 0.174 e. The van der Waals surface area contributed by atoms with E-state index in [1.54, 1.807) is 7.11 Å². The van der Waals surface area contributed by atoms with E-state index in [9.17, 15) is 0 Å². The second-order valence-corrected chi connectivity index (χ2v) is 9.47. The molecule has 2 aromatic carbocycles. The number of benzene rings is 2. The first kappa shape index (κ1) is 23.5. The molecule has 2 aliphatic heterocycles.